The van der Waals surface area contributed by atoms with Crippen molar-refractivity contribution < 1.29 is 19.0 Å². The molecule has 0 aliphatic heterocycles. The lowest BCUT2D eigenvalue weighted by Gasteiger charge is -2.14. The number of nitrogens with zero attached hydrogens (tertiary/aromatic N) is 2. The second-order valence-corrected chi connectivity index (χ2v) is 6.16. The number of hydrogen-bond donors (Lipinski definition) is 0. The molecule has 1 aromatic heterocycles. The molecule has 0 unspecified atom stereocenters. The van der Waals surface area contributed by atoms with Gasteiger partial charge in [-0.25, -0.2) is 9.97 Å². The van der Waals surface area contributed by atoms with Crippen LogP contribution < -0.4 is 4.74 Å². The number of aryl methyl sites for hydroxylation is 1. The van der Waals surface area contributed by atoms with E-state index in [2.05, 4.69) is 4.98 Å². The van der Waals surface area contributed by atoms with Crippen LogP contribution >= 0.6 is 0 Å². The number of carbonyl (C=O) groups excluding carboxylic acids is 1. The Labute approximate surface area is 164 Å². The number of esters is 1. The van der Waals surface area contributed by atoms with E-state index in [1.807, 2.05) is 61.5 Å². The summed E-state index contributed by atoms with van der Waals surface area (Å²) in [6.45, 7) is 2.03. The summed E-state index contributed by atoms with van der Waals surface area (Å²) in [5.41, 5.74) is 3.88. The van der Waals surface area contributed by atoms with Crippen LogP contribution in [0.3, 0.4) is 0 Å². The van der Waals surface area contributed by atoms with Gasteiger partial charge in [0.05, 0.1) is 19.2 Å². The molecule has 3 aromatic rings. The minimum atomic E-state index is -0.341. The lowest BCUT2D eigenvalue weighted by molar-refractivity contribution is -0.139. The van der Waals surface area contributed by atoms with Gasteiger partial charge in [-0.3, -0.25) is 4.79 Å². The number of methoxy groups -OCH3 is 2. The quantitative estimate of drug-likeness (QED) is 0.460. The van der Waals surface area contributed by atoms with Gasteiger partial charge in [0.25, 0.3) is 0 Å². The van der Waals surface area contributed by atoms with Crippen LogP contribution in [0.25, 0.3) is 22.6 Å². The largest absolute Gasteiger partial charge is 0.469 e. The van der Waals surface area contributed by atoms with Crippen LogP contribution in [0.15, 0.2) is 54.6 Å². The number of ether oxygens (including phenoxy) is 3. The molecule has 28 heavy (non-hydrogen) atoms. The molecule has 0 amide bonds. The Morgan fingerprint density at radius 2 is 1.71 bits per heavy atom. The topological polar surface area (TPSA) is 70.5 Å². The van der Waals surface area contributed by atoms with Gasteiger partial charge in [-0.15, -0.1) is 0 Å². The molecule has 0 atom stereocenters. The van der Waals surface area contributed by atoms with Crippen LogP contribution in [0, 0.1) is 6.92 Å². The van der Waals surface area contributed by atoms with E-state index in [0.717, 1.165) is 22.4 Å². The van der Waals surface area contributed by atoms with E-state index >= 15 is 0 Å². The molecule has 0 fully saturated rings. The summed E-state index contributed by atoms with van der Waals surface area (Å²) < 4.78 is 15.4. The Morgan fingerprint density at radius 3 is 2.43 bits per heavy atom. The Hall–Kier alpha value is -3.25. The van der Waals surface area contributed by atoms with E-state index in [1.165, 1.54) is 7.11 Å². The van der Waals surface area contributed by atoms with E-state index in [4.69, 9.17) is 19.2 Å². The average molecular weight is 378 g/mol. The van der Waals surface area contributed by atoms with Crippen molar-refractivity contribution in [1.29, 1.82) is 0 Å². The zero-order valence-electron chi connectivity index (χ0n) is 16.1. The first-order valence-electron chi connectivity index (χ1n) is 8.84. The molecular weight excluding hydrogens is 356 g/mol. The van der Waals surface area contributed by atoms with E-state index in [-0.39, 0.29) is 19.2 Å². The van der Waals surface area contributed by atoms with Crippen molar-refractivity contribution in [2.24, 2.45) is 0 Å². The molecule has 0 aliphatic carbocycles. The Morgan fingerprint density at radius 1 is 0.964 bits per heavy atom. The highest BCUT2D eigenvalue weighted by molar-refractivity contribution is 5.78. The molecular formula is C22H22N2O4. The summed E-state index contributed by atoms with van der Waals surface area (Å²) in [4.78, 5) is 21.4. The van der Waals surface area contributed by atoms with Crippen molar-refractivity contribution in [2.45, 2.75) is 13.3 Å². The lowest BCUT2D eigenvalue weighted by Crippen LogP contribution is -2.10. The summed E-state index contributed by atoms with van der Waals surface area (Å²) in [5, 5.41) is 0. The standard InChI is InChI=1S/C22H22N2O4/c1-15-19(13-20(25)27-3)21(17-10-7-11-18(12-17)28-14-26-2)24-22(23-15)16-8-5-4-6-9-16/h4-12H,13-14H2,1-3H3. The predicted molar refractivity (Wildman–Crippen MR) is 106 cm³/mol. The van der Waals surface area contributed by atoms with E-state index < -0.39 is 0 Å². The fourth-order valence-electron chi connectivity index (χ4n) is 2.84. The minimum absolute atomic E-state index is 0.0931. The summed E-state index contributed by atoms with van der Waals surface area (Å²) in [6, 6.07) is 17.3. The predicted octanol–water partition coefficient (Wildman–Crippen LogP) is 3.82. The first-order chi connectivity index (χ1) is 13.6. The zero-order valence-corrected chi connectivity index (χ0v) is 16.1. The second-order valence-electron chi connectivity index (χ2n) is 6.16. The number of aromatic nitrogens is 2. The smallest absolute Gasteiger partial charge is 0.310 e. The van der Waals surface area contributed by atoms with Gasteiger partial charge in [-0.05, 0) is 19.1 Å². The first kappa shape index (κ1) is 19.5. The summed E-state index contributed by atoms with van der Waals surface area (Å²) >= 11 is 0. The average Bonchev–Trinajstić information content (AvgIpc) is 2.74. The van der Waals surface area contributed by atoms with Crippen LogP contribution in [0.1, 0.15) is 11.3 Å². The molecule has 0 saturated carbocycles. The molecule has 2 aromatic carbocycles. The first-order valence-corrected chi connectivity index (χ1v) is 8.84. The van der Waals surface area contributed by atoms with Gasteiger partial charge in [-0.1, -0.05) is 42.5 Å². The zero-order chi connectivity index (χ0) is 19.9. The monoisotopic (exact) mass is 378 g/mol. The highest BCUT2D eigenvalue weighted by Gasteiger charge is 2.18. The van der Waals surface area contributed by atoms with E-state index in [0.29, 0.717) is 17.3 Å². The maximum absolute atomic E-state index is 12.0. The Bertz CT molecular complexity index is 958. The summed E-state index contributed by atoms with van der Waals surface area (Å²) in [5.74, 6) is 0.915. The van der Waals surface area contributed by atoms with Gasteiger partial charge in [0, 0.05) is 29.5 Å². The van der Waals surface area contributed by atoms with Gasteiger partial charge in [0.2, 0.25) is 0 Å². The van der Waals surface area contributed by atoms with Crippen molar-refractivity contribution in [3.63, 3.8) is 0 Å². The number of carbonyl (C=O) groups is 1. The number of rotatable bonds is 7. The number of benzene rings is 2. The summed E-state index contributed by atoms with van der Waals surface area (Å²) in [7, 11) is 2.94. The van der Waals surface area contributed by atoms with Crippen molar-refractivity contribution in [1.82, 2.24) is 9.97 Å². The molecule has 1 heterocycles. The van der Waals surface area contributed by atoms with Gasteiger partial charge < -0.3 is 14.2 Å². The van der Waals surface area contributed by atoms with E-state index in [9.17, 15) is 4.79 Å². The SMILES string of the molecule is COCOc1cccc(-c2nc(-c3ccccc3)nc(C)c2CC(=O)OC)c1. The van der Waals surface area contributed by atoms with Gasteiger partial charge in [0.1, 0.15) is 5.75 Å². The molecule has 0 radical (unpaired) electrons. The van der Waals surface area contributed by atoms with Crippen molar-refractivity contribution in [3.05, 3.63) is 65.9 Å². The second kappa shape index (κ2) is 9.10. The van der Waals surface area contributed by atoms with Crippen LogP contribution in [0.4, 0.5) is 0 Å². The van der Waals surface area contributed by atoms with Crippen LogP contribution in [0.2, 0.25) is 0 Å². The third-order valence-electron chi connectivity index (χ3n) is 4.25. The van der Waals surface area contributed by atoms with Crippen LogP contribution in [0.5, 0.6) is 5.75 Å². The maximum Gasteiger partial charge on any atom is 0.310 e. The molecule has 0 bridgehead atoms. The minimum Gasteiger partial charge on any atom is -0.469 e. The fourth-order valence-corrected chi connectivity index (χ4v) is 2.84. The molecule has 6 nitrogen and oxygen atoms in total. The Kier molecular flexibility index (Phi) is 6.34. The molecule has 6 heteroatoms. The van der Waals surface area contributed by atoms with Crippen molar-refractivity contribution in [2.75, 3.05) is 21.0 Å². The van der Waals surface area contributed by atoms with Crippen LogP contribution in [-0.2, 0) is 20.7 Å². The molecule has 0 aliphatic rings. The Balaban J connectivity index is 2.13. The lowest BCUT2D eigenvalue weighted by atomic mass is 10.0. The molecule has 144 valence electrons. The number of hydrogen-bond acceptors (Lipinski definition) is 6. The highest BCUT2D eigenvalue weighted by atomic mass is 16.7. The van der Waals surface area contributed by atoms with E-state index in [1.54, 1.807) is 7.11 Å². The van der Waals surface area contributed by atoms with Gasteiger partial charge in [-0.2, -0.15) is 0 Å². The fraction of sp³-hybridized carbons (Fsp3) is 0.227. The summed E-state index contributed by atoms with van der Waals surface area (Å²) in [6.07, 6.45) is 0.0931. The van der Waals surface area contributed by atoms with Gasteiger partial charge in [0.15, 0.2) is 12.6 Å². The van der Waals surface area contributed by atoms with Crippen molar-refractivity contribution >= 4 is 5.97 Å². The normalized spacial score (nSPS) is 10.5. The maximum atomic E-state index is 12.0. The third-order valence-corrected chi connectivity index (χ3v) is 4.25. The highest BCUT2D eigenvalue weighted by Crippen LogP contribution is 2.29. The molecule has 0 saturated heterocycles. The molecule has 3 rings (SSSR count). The molecule has 0 N–H and O–H groups in total. The molecule has 0 spiro atoms. The van der Waals surface area contributed by atoms with Crippen molar-refractivity contribution in [3.8, 4) is 28.4 Å². The third kappa shape index (κ3) is 4.53. The van der Waals surface area contributed by atoms with Crippen LogP contribution in [-0.4, -0.2) is 36.9 Å². The van der Waals surface area contributed by atoms with Gasteiger partial charge >= 0.3 is 5.97 Å².